The Morgan fingerprint density at radius 2 is 2.14 bits per heavy atom. The fourth-order valence-electron chi connectivity index (χ4n) is 3.71. The minimum atomic E-state index is 0. The summed E-state index contributed by atoms with van der Waals surface area (Å²) in [6.07, 6.45) is 5.48. The van der Waals surface area contributed by atoms with E-state index in [-0.39, 0.29) is 24.0 Å². The van der Waals surface area contributed by atoms with Crippen molar-refractivity contribution in [1.29, 1.82) is 0 Å². The highest BCUT2D eigenvalue weighted by Crippen LogP contribution is 2.24. The quantitative estimate of drug-likeness (QED) is 0.360. The topological polar surface area (TPSA) is 83.3 Å². The second-order valence-corrected chi connectivity index (χ2v) is 8.04. The minimum absolute atomic E-state index is 0. The molecule has 1 unspecified atom stereocenters. The standard InChI is InChI=1S/C18H28N8S.HI/c1-13-21-16-6-5-14(11-26(16)24-13)22-17(19-2)20-8-7-15-12-27-18(23-15)25-9-3-4-10-25;/h12,14H,3-11H2,1-2H3,(H2,19,20,22);1H. The lowest BCUT2D eigenvalue weighted by molar-refractivity contribution is 0.392. The molecule has 4 heterocycles. The third-order valence-corrected chi connectivity index (χ3v) is 6.07. The summed E-state index contributed by atoms with van der Waals surface area (Å²) in [5.74, 6) is 2.78. The van der Waals surface area contributed by atoms with Gasteiger partial charge < -0.3 is 15.5 Å². The van der Waals surface area contributed by atoms with Crippen molar-refractivity contribution in [3.05, 3.63) is 22.7 Å². The molecule has 1 atom stereocenters. The van der Waals surface area contributed by atoms with E-state index in [1.54, 1.807) is 11.3 Å². The van der Waals surface area contributed by atoms with E-state index in [9.17, 15) is 0 Å². The third kappa shape index (κ3) is 5.13. The number of aliphatic imine (C=N–C) groups is 1. The number of aromatic nitrogens is 4. The second kappa shape index (κ2) is 9.86. The predicted molar refractivity (Wildman–Crippen MR) is 124 cm³/mol. The monoisotopic (exact) mass is 516 g/mol. The lowest BCUT2D eigenvalue weighted by Crippen LogP contribution is -2.47. The SMILES string of the molecule is CN=C(NCCc1csc(N2CCCC2)n1)NC1CCc2nc(C)nn2C1.I. The number of halogens is 1. The van der Waals surface area contributed by atoms with E-state index in [0.717, 1.165) is 68.7 Å². The van der Waals surface area contributed by atoms with Gasteiger partial charge in [0.25, 0.3) is 0 Å². The van der Waals surface area contributed by atoms with Gasteiger partial charge in [0, 0.05) is 50.9 Å². The number of hydrogen-bond donors (Lipinski definition) is 2. The van der Waals surface area contributed by atoms with Gasteiger partial charge in [0.15, 0.2) is 11.1 Å². The van der Waals surface area contributed by atoms with Crippen molar-refractivity contribution >= 4 is 46.4 Å². The zero-order valence-corrected chi connectivity index (χ0v) is 19.7. The molecule has 2 aromatic heterocycles. The highest BCUT2D eigenvalue weighted by Gasteiger charge is 2.21. The number of hydrogen-bond acceptors (Lipinski definition) is 6. The van der Waals surface area contributed by atoms with E-state index in [1.165, 1.54) is 18.0 Å². The fraction of sp³-hybridized carbons (Fsp3) is 0.667. The Morgan fingerprint density at radius 1 is 1.32 bits per heavy atom. The fourth-order valence-corrected chi connectivity index (χ4v) is 4.63. The lowest BCUT2D eigenvalue weighted by Gasteiger charge is -2.25. The molecule has 1 fully saturated rings. The van der Waals surface area contributed by atoms with E-state index in [4.69, 9.17) is 4.98 Å². The number of rotatable bonds is 5. The molecule has 0 radical (unpaired) electrons. The van der Waals surface area contributed by atoms with Crippen LogP contribution in [0.25, 0.3) is 0 Å². The highest BCUT2D eigenvalue weighted by molar-refractivity contribution is 14.0. The van der Waals surface area contributed by atoms with Gasteiger partial charge in [0.2, 0.25) is 0 Å². The van der Waals surface area contributed by atoms with Gasteiger partial charge in [-0.15, -0.1) is 35.3 Å². The smallest absolute Gasteiger partial charge is 0.191 e. The largest absolute Gasteiger partial charge is 0.356 e. The Labute approximate surface area is 187 Å². The van der Waals surface area contributed by atoms with Gasteiger partial charge in [-0.2, -0.15) is 5.10 Å². The molecule has 0 amide bonds. The first-order valence-corrected chi connectivity index (χ1v) is 10.7. The molecule has 0 saturated carbocycles. The van der Waals surface area contributed by atoms with Gasteiger partial charge in [-0.3, -0.25) is 4.99 Å². The van der Waals surface area contributed by atoms with Crippen LogP contribution in [0.5, 0.6) is 0 Å². The van der Waals surface area contributed by atoms with Crippen LogP contribution in [0, 0.1) is 6.92 Å². The normalized spacial score (nSPS) is 19.3. The molecule has 0 spiro atoms. The second-order valence-electron chi connectivity index (χ2n) is 7.20. The molecule has 154 valence electrons. The molecule has 28 heavy (non-hydrogen) atoms. The Bertz CT molecular complexity index is 795. The molecular weight excluding hydrogens is 487 g/mol. The van der Waals surface area contributed by atoms with Crippen LogP contribution >= 0.6 is 35.3 Å². The Balaban J connectivity index is 0.00000225. The van der Waals surface area contributed by atoms with Gasteiger partial charge in [0.05, 0.1) is 12.2 Å². The van der Waals surface area contributed by atoms with Crippen molar-refractivity contribution in [3.8, 4) is 0 Å². The van der Waals surface area contributed by atoms with Gasteiger partial charge in [-0.25, -0.2) is 14.6 Å². The van der Waals surface area contributed by atoms with Gasteiger partial charge in [0.1, 0.15) is 11.6 Å². The van der Waals surface area contributed by atoms with Crippen LogP contribution in [0.3, 0.4) is 0 Å². The first kappa shape index (κ1) is 21.3. The van der Waals surface area contributed by atoms with Crippen molar-refractivity contribution in [3.63, 3.8) is 0 Å². The maximum Gasteiger partial charge on any atom is 0.191 e. The number of nitrogens with one attached hydrogen (secondary N) is 2. The van der Waals surface area contributed by atoms with Crippen LogP contribution in [-0.4, -0.2) is 58.4 Å². The molecule has 2 N–H and O–H groups in total. The summed E-state index contributed by atoms with van der Waals surface area (Å²) in [4.78, 5) is 16.0. The molecule has 2 aromatic rings. The van der Waals surface area contributed by atoms with Gasteiger partial charge in [-0.05, 0) is 26.2 Å². The maximum atomic E-state index is 4.78. The molecule has 8 nitrogen and oxygen atoms in total. The molecular formula is C18H29IN8S. The zero-order valence-electron chi connectivity index (χ0n) is 16.5. The van der Waals surface area contributed by atoms with Crippen LogP contribution in [-0.2, 0) is 19.4 Å². The van der Waals surface area contributed by atoms with Crippen LogP contribution in [0.15, 0.2) is 10.4 Å². The van der Waals surface area contributed by atoms with Crippen LogP contribution in [0.1, 0.15) is 36.6 Å². The Hall–Kier alpha value is -1.43. The highest BCUT2D eigenvalue weighted by atomic mass is 127. The van der Waals surface area contributed by atoms with Crippen molar-refractivity contribution in [2.75, 3.05) is 31.6 Å². The van der Waals surface area contributed by atoms with Crippen molar-refractivity contribution in [2.24, 2.45) is 4.99 Å². The number of anilines is 1. The van der Waals surface area contributed by atoms with E-state index in [2.05, 4.69) is 36.0 Å². The first-order chi connectivity index (χ1) is 13.2. The van der Waals surface area contributed by atoms with Gasteiger partial charge in [-0.1, -0.05) is 0 Å². The van der Waals surface area contributed by atoms with Crippen LogP contribution < -0.4 is 15.5 Å². The summed E-state index contributed by atoms with van der Waals surface area (Å²) in [6.45, 7) is 5.90. The molecule has 10 heteroatoms. The summed E-state index contributed by atoms with van der Waals surface area (Å²) < 4.78 is 2.01. The van der Waals surface area contributed by atoms with E-state index < -0.39 is 0 Å². The Morgan fingerprint density at radius 3 is 2.93 bits per heavy atom. The third-order valence-electron chi connectivity index (χ3n) is 5.12. The first-order valence-electron chi connectivity index (χ1n) is 9.78. The zero-order chi connectivity index (χ0) is 18.6. The average molecular weight is 516 g/mol. The summed E-state index contributed by atoms with van der Waals surface area (Å²) in [7, 11) is 1.82. The average Bonchev–Trinajstić information content (AvgIpc) is 3.40. The number of thiazole rings is 1. The van der Waals surface area contributed by atoms with Crippen LogP contribution in [0.2, 0.25) is 0 Å². The van der Waals surface area contributed by atoms with Crippen molar-refractivity contribution in [2.45, 2.75) is 51.6 Å². The maximum absolute atomic E-state index is 4.78. The number of nitrogens with zero attached hydrogens (tertiary/aromatic N) is 6. The molecule has 0 aromatic carbocycles. The molecule has 0 aliphatic carbocycles. The van der Waals surface area contributed by atoms with E-state index in [1.807, 2.05) is 18.7 Å². The number of guanidine groups is 1. The van der Waals surface area contributed by atoms with Crippen molar-refractivity contribution < 1.29 is 0 Å². The van der Waals surface area contributed by atoms with Crippen LogP contribution in [0.4, 0.5) is 5.13 Å². The molecule has 1 saturated heterocycles. The summed E-state index contributed by atoms with van der Waals surface area (Å²) in [6, 6.07) is 0.325. The molecule has 2 aliphatic rings. The molecule has 2 aliphatic heterocycles. The lowest BCUT2D eigenvalue weighted by atomic mass is 10.1. The predicted octanol–water partition coefficient (Wildman–Crippen LogP) is 1.98. The molecule has 0 bridgehead atoms. The number of fused-ring (bicyclic) bond motifs is 1. The van der Waals surface area contributed by atoms with E-state index >= 15 is 0 Å². The van der Waals surface area contributed by atoms with E-state index in [0.29, 0.717) is 6.04 Å². The Kier molecular flexibility index (Phi) is 7.49. The molecule has 4 rings (SSSR count). The minimum Gasteiger partial charge on any atom is -0.356 e. The number of aryl methyl sites for hydroxylation is 2. The van der Waals surface area contributed by atoms with Crippen molar-refractivity contribution in [1.82, 2.24) is 30.4 Å². The summed E-state index contributed by atoms with van der Waals surface area (Å²) in [5, 5.41) is 14.8. The van der Waals surface area contributed by atoms with Gasteiger partial charge >= 0.3 is 0 Å². The summed E-state index contributed by atoms with van der Waals surface area (Å²) in [5.41, 5.74) is 1.16. The summed E-state index contributed by atoms with van der Waals surface area (Å²) >= 11 is 1.76.